The minimum Gasteiger partial charge on any atom is -0.392 e. The predicted molar refractivity (Wildman–Crippen MR) is 160 cm³/mol. The van der Waals surface area contributed by atoms with Crippen molar-refractivity contribution >= 4 is 55.1 Å². The largest absolute Gasteiger partial charge is 0.392 e. The molecule has 1 aliphatic heterocycles. The Morgan fingerprint density at radius 2 is 1.98 bits per heavy atom. The Bertz CT molecular complexity index is 1530. The number of thioether (sulfide) groups is 1. The van der Waals surface area contributed by atoms with E-state index in [9.17, 15) is 18.3 Å². The molecule has 40 heavy (non-hydrogen) atoms. The number of hydrogen-bond donors (Lipinski definition) is 2. The molecule has 1 saturated heterocycles. The Kier molecular flexibility index (Phi) is 7.38. The third-order valence-electron chi connectivity index (χ3n) is 9.38. The maximum absolute atomic E-state index is 13.4. The molecule has 8 nitrogen and oxygen atoms in total. The van der Waals surface area contributed by atoms with Gasteiger partial charge < -0.3 is 10.0 Å². The van der Waals surface area contributed by atoms with E-state index >= 15 is 0 Å². The highest BCUT2D eigenvalue weighted by atomic mass is 32.2. The molecule has 3 heterocycles. The van der Waals surface area contributed by atoms with Crippen molar-refractivity contribution in [3.05, 3.63) is 47.1 Å². The van der Waals surface area contributed by atoms with Crippen LogP contribution in [0.5, 0.6) is 0 Å². The summed E-state index contributed by atoms with van der Waals surface area (Å²) in [6, 6.07) is 8.74. The quantitative estimate of drug-likeness (QED) is 0.434. The van der Waals surface area contributed by atoms with Crippen LogP contribution in [0, 0.1) is 23.2 Å². The molecule has 2 N–H and O–H groups in total. The summed E-state index contributed by atoms with van der Waals surface area (Å²) in [5.74, 6) is 1.65. The Morgan fingerprint density at radius 3 is 2.75 bits per heavy atom. The molecule has 1 saturated carbocycles. The summed E-state index contributed by atoms with van der Waals surface area (Å²) in [5, 5.41) is 12.9. The third-order valence-corrected chi connectivity index (χ3v) is 12.8. The Labute approximate surface area is 244 Å². The highest BCUT2D eigenvalue weighted by molar-refractivity contribution is 7.99. The summed E-state index contributed by atoms with van der Waals surface area (Å²) in [6.07, 6.45) is 3.42. The molecule has 6 atom stereocenters. The van der Waals surface area contributed by atoms with E-state index in [-0.39, 0.29) is 39.9 Å². The molecule has 2 aliphatic carbocycles. The summed E-state index contributed by atoms with van der Waals surface area (Å²) in [6.45, 7) is 7.87. The van der Waals surface area contributed by atoms with Gasteiger partial charge in [0.05, 0.1) is 17.3 Å². The second-order valence-corrected chi connectivity index (χ2v) is 15.8. The summed E-state index contributed by atoms with van der Waals surface area (Å²) in [4.78, 5) is 25.6. The molecule has 214 valence electrons. The van der Waals surface area contributed by atoms with Crippen LogP contribution >= 0.6 is 23.1 Å². The first kappa shape index (κ1) is 27.9. The number of para-hydroxylation sites is 1. The lowest BCUT2D eigenvalue weighted by atomic mass is 9.53. The average molecular weight is 601 g/mol. The first-order valence-corrected chi connectivity index (χ1v) is 17.5. The number of amides is 1. The molecule has 0 bridgehead atoms. The molecule has 0 radical (unpaired) electrons. The number of anilines is 1. The molecule has 3 aromatic rings. The van der Waals surface area contributed by atoms with E-state index in [4.69, 9.17) is 4.98 Å². The van der Waals surface area contributed by atoms with Gasteiger partial charge in [-0.1, -0.05) is 39.0 Å². The van der Waals surface area contributed by atoms with Crippen LogP contribution in [0.2, 0.25) is 0 Å². The van der Waals surface area contributed by atoms with Gasteiger partial charge in [-0.15, -0.1) is 11.3 Å². The minimum absolute atomic E-state index is 0.0558. The zero-order chi connectivity index (χ0) is 28.2. The van der Waals surface area contributed by atoms with Gasteiger partial charge in [-0.05, 0) is 48.6 Å². The van der Waals surface area contributed by atoms with Gasteiger partial charge in [-0.3, -0.25) is 14.5 Å². The number of nitrogens with one attached hydrogen (secondary N) is 1. The molecule has 1 amide bonds. The van der Waals surface area contributed by atoms with Gasteiger partial charge in [0, 0.05) is 52.9 Å². The normalized spacial score (nSPS) is 29.4. The number of benzene rings is 1. The number of nitrogens with zero attached hydrogens (tertiary/aromatic N) is 3. The zero-order valence-electron chi connectivity index (χ0n) is 23.0. The number of sulfonamides is 1. The van der Waals surface area contributed by atoms with Crippen LogP contribution in [-0.2, 0) is 21.2 Å². The zero-order valence-corrected chi connectivity index (χ0v) is 25.5. The van der Waals surface area contributed by atoms with Gasteiger partial charge in [0.15, 0.2) is 5.13 Å². The van der Waals surface area contributed by atoms with Crippen molar-refractivity contribution < 1.29 is 18.3 Å². The van der Waals surface area contributed by atoms with E-state index in [2.05, 4.69) is 23.6 Å². The molecule has 1 unspecified atom stereocenters. The van der Waals surface area contributed by atoms with Gasteiger partial charge in [0.25, 0.3) is 10.0 Å². The van der Waals surface area contributed by atoms with E-state index in [0.717, 1.165) is 59.8 Å². The molecule has 11 heteroatoms. The number of fused-ring (bicyclic) bond motifs is 3. The van der Waals surface area contributed by atoms with Crippen LogP contribution in [-0.4, -0.2) is 65.0 Å². The molecule has 2 fully saturated rings. The number of aliphatic hydroxyl groups excluding tert-OH is 1. The second-order valence-electron chi connectivity index (χ2n) is 11.8. The van der Waals surface area contributed by atoms with E-state index in [1.807, 2.05) is 35.7 Å². The number of aromatic nitrogens is 2. The SMILES string of the molecule is C[C@H](C(=O)N1CCSCC1)C1CC[C@@]2(C)Cc3sc(NS(=O)(=O)c4cccc5cccnc45)nc3[C@@H](C)[C@@H]2[C@H]1O. The first-order chi connectivity index (χ1) is 19.1. The van der Waals surface area contributed by atoms with Gasteiger partial charge in [-0.25, -0.2) is 13.4 Å². The lowest BCUT2D eigenvalue weighted by Crippen LogP contribution is -2.54. The Hall–Kier alpha value is -2.21. The molecule has 1 aromatic carbocycles. The first-order valence-electron chi connectivity index (χ1n) is 14.0. The number of carbonyl (C=O) groups excluding carboxylic acids is 1. The van der Waals surface area contributed by atoms with E-state index in [1.165, 1.54) is 11.3 Å². The van der Waals surface area contributed by atoms with Crippen LogP contribution in [0.3, 0.4) is 0 Å². The summed E-state index contributed by atoms with van der Waals surface area (Å²) in [7, 11) is -3.91. The van der Waals surface area contributed by atoms with Crippen molar-refractivity contribution in [3.63, 3.8) is 0 Å². The number of thiazole rings is 1. The number of aliphatic hydroxyl groups is 1. The van der Waals surface area contributed by atoms with Crippen molar-refractivity contribution in [2.75, 3.05) is 29.3 Å². The van der Waals surface area contributed by atoms with Gasteiger partial charge >= 0.3 is 0 Å². The lowest BCUT2D eigenvalue weighted by molar-refractivity contribution is -0.144. The monoisotopic (exact) mass is 600 g/mol. The third kappa shape index (κ3) is 4.82. The number of hydrogen-bond acceptors (Lipinski definition) is 8. The Morgan fingerprint density at radius 1 is 1.23 bits per heavy atom. The van der Waals surface area contributed by atoms with Gasteiger partial charge in [-0.2, -0.15) is 11.8 Å². The van der Waals surface area contributed by atoms with E-state index in [1.54, 1.807) is 24.4 Å². The fourth-order valence-electron chi connectivity index (χ4n) is 7.31. The smallest absolute Gasteiger partial charge is 0.265 e. The number of pyridine rings is 1. The predicted octanol–water partition coefficient (Wildman–Crippen LogP) is 4.76. The van der Waals surface area contributed by atoms with Crippen molar-refractivity contribution in [1.82, 2.24) is 14.9 Å². The summed E-state index contributed by atoms with van der Waals surface area (Å²) < 4.78 is 29.6. The van der Waals surface area contributed by atoms with Crippen LogP contribution in [0.4, 0.5) is 5.13 Å². The maximum atomic E-state index is 13.4. The topological polar surface area (TPSA) is 112 Å². The summed E-state index contributed by atoms with van der Waals surface area (Å²) in [5.41, 5.74) is 1.13. The molecule has 0 spiro atoms. The van der Waals surface area contributed by atoms with Gasteiger partial charge in [0.2, 0.25) is 5.91 Å². The maximum Gasteiger partial charge on any atom is 0.265 e. The number of carbonyl (C=O) groups is 1. The van der Waals surface area contributed by atoms with Crippen molar-refractivity contribution in [1.29, 1.82) is 0 Å². The number of rotatable bonds is 5. The fourth-order valence-corrected chi connectivity index (χ4v) is 10.9. The van der Waals surface area contributed by atoms with Crippen molar-refractivity contribution in [2.45, 2.75) is 57.0 Å². The minimum atomic E-state index is -3.91. The van der Waals surface area contributed by atoms with Crippen molar-refractivity contribution in [3.8, 4) is 0 Å². The van der Waals surface area contributed by atoms with Crippen molar-refractivity contribution in [2.24, 2.45) is 23.2 Å². The van der Waals surface area contributed by atoms with Gasteiger partial charge in [0.1, 0.15) is 4.90 Å². The van der Waals surface area contributed by atoms with Crippen LogP contribution in [0.25, 0.3) is 10.9 Å². The van der Waals surface area contributed by atoms with Crippen LogP contribution < -0.4 is 4.72 Å². The fraction of sp³-hybridized carbons (Fsp3) is 0.552. The van der Waals surface area contributed by atoms with E-state index < -0.39 is 16.1 Å². The Balaban J connectivity index is 1.25. The van der Waals surface area contributed by atoms with Crippen LogP contribution in [0.1, 0.15) is 50.1 Å². The molecular weight excluding hydrogens is 565 g/mol. The molecule has 3 aliphatic rings. The molecule has 6 rings (SSSR count). The average Bonchev–Trinajstić information content (AvgIpc) is 3.33. The highest BCUT2D eigenvalue weighted by Gasteiger charge is 2.54. The second kappa shape index (κ2) is 10.6. The lowest BCUT2D eigenvalue weighted by Gasteiger charge is -2.53. The highest BCUT2D eigenvalue weighted by Crippen LogP contribution is 2.57. The van der Waals surface area contributed by atoms with Crippen LogP contribution in [0.15, 0.2) is 41.4 Å². The summed E-state index contributed by atoms with van der Waals surface area (Å²) >= 11 is 3.27. The van der Waals surface area contributed by atoms with E-state index in [0.29, 0.717) is 10.6 Å². The molecular formula is C29H36N4O4S3. The standard InChI is InChI=1S/C29H36N4O4S3/c1-17(27(35)33-12-14-38-15-13-33)20-9-10-29(3)16-21-24(18(2)23(29)26(20)34)31-28(39-21)32-40(36,37)22-8-4-6-19-7-5-11-30-25(19)22/h4-8,11,17-18,20,23,26,34H,9-10,12-16H2,1-3H3,(H,31,32)/t17-,18-,20?,23+,26-,29-/m0/s1. The molecule has 2 aromatic heterocycles.